The van der Waals surface area contributed by atoms with E-state index < -0.39 is 0 Å². The van der Waals surface area contributed by atoms with E-state index in [-0.39, 0.29) is 0 Å². The summed E-state index contributed by atoms with van der Waals surface area (Å²) in [6.45, 7) is 5.80. The zero-order chi connectivity index (χ0) is 11.1. The van der Waals surface area contributed by atoms with Gasteiger partial charge in [0.2, 0.25) is 0 Å². The molecule has 0 heterocycles. The summed E-state index contributed by atoms with van der Waals surface area (Å²) in [5, 5.41) is 0. The van der Waals surface area contributed by atoms with Gasteiger partial charge in [-0.2, -0.15) is 0 Å². The average molecular weight is 238 g/mol. The number of anilines is 1. The van der Waals surface area contributed by atoms with Gasteiger partial charge in [-0.1, -0.05) is 54.3 Å². The van der Waals surface area contributed by atoms with Crippen molar-refractivity contribution in [3.05, 3.63) is 42.5 Å². The fraction of sp³-hybridized carbons (Fsp3) is 0.182. The quantitative estimate of drug-likeness (QED) is 0.478. The summed E-state index contributed by atoms with van der Waals surface area (Å²) in [6, 6.07) is 9.85. The molecule has 0 saturated heterocycles. The fourth-order valence-electron chi connectivity index (χ4n) is 0.870. The monoisotopic (exact) mass is 238 g/mol. The molecule has 0 atom stereocenters. The molecule has 2 nitrogen and oxygen atoms in total. The molecule has 4 heteroatoms. The Morgan fingerprint density at radius 3 is 2.67 bits per heavy atom. The van der Waals surface area contributed by atoms with E-state index in [0.717, 1.165) is 21.3 Å². The highest BCUT2D eigenvalue weighted by Crippen LogP contribution is 2.08. The number of hydrogen-bond donors (Lipinski definition) is 2. The highest BCUT2D eigenvalue weighted by molar-refractivity contribution is 8.23. The van der Waals surface area contributed by atoms with Crippen molar-refractivity contribution in [1.29, 1.82) is 0 Å². The Bertz CT molecular complexity index is 336. The third kappa shape index (κ3) is 5.44. The lowest BCUT2D eigenvalue weighted by atomic mass is 10.3. The lowest BCUT2D eigenvalue weighted by Gasteiger charge is -2.09. The van der Waals surface area contributed by atoms with Crippen LogP contribution in [0.5, 0.6) is 0 Å². The zero-order valence-corrected chi connectivity index (χ0v) is 10.3. The summed E-state index contributed by atoms with van der Waals surface area (Å²) >= 11 is 6.68. The van der Waals surface area contributed by atoms with E-state index in [9.17, 15) is 0 Å². The summed E-state index contributed by atoms with van der Waals surface area (Å²) in [4.78, 5) is 0. The van der Waals surface area contributed by atoms with Gasteiger partial charge in [0.05, 0.1) is 5.69 Å². The molecule has 1 rings (SSSR count). The van der Waals surface area contributed by atoms with Crippen molar-refractivity contribution in [2.75, 3.05) is 11.2 Å². The van der Waals surface area contributed by atoms with E-state index in [1.54, 1.807) is 11.8 Å². The number of rotatable bonds is 4. The number of thioether (sulfide) groups is 1. The van der Waals surface area contributed by atoms with Crippen molar-refractivity contribution in [3.63, 3.8) is 0 Å². The van der Waals surface area contributed by atoms with Crippen LogP contribution in [0.4, 0.5) is 5.69 Å². The molecular formula is C11H14N2S2. The van der Waals surface area contributed by atoms with Crippen LogP contribution in [0, 0.1) is 0 Å². The molecule has 0 fully saturated rings. The second-order valence-electron chi connectivity index (χ2n) is 3.15. The van der Waals surface area contributed by atoms with Crippen molar-refractivity contribution in [1.82, 2.24) is 5.43 Å². The summed E-state index contributed by atoms with van der Waals surface area (Å²) < 4.78 is 0.724. The largest absolute Gasteiger partial charge is 0.300 e. The molecule has 0 radical (unpaired) electrons. The van der Waals surface area contributed by atoms with Gasteiger partial charge < -0.3 is 0 Å². The first-order chi connectivity index (χ1) is 7.18. The van der Waals surface area contributed by atoms with Crippen molar-refractivity contribution in [3.8, 4) is 0 Å². The van der Waals surface area contributed by atoms with E-state index in [1.807, 2.05) is 37.3 Å². The lowest BCUT2D eigenvalue weighted by Crippen LogP contribution is -2.25. The van der Waals surface area contributed by atoms with E-state index in [1.165, 1.54) is 0 Å². The standard InChI is InChI=1S/C11H14N2S2/c1-9(2)8-15-11(14)13-12-10-6-4-3-5-7-10/h3-7,12H,1,8H2,2H3,(H,13,14). The molecule has 0 amide bonds. The van der Waals surface area contributed by atoms with Gasteiger partial charge in [-0.3, -0.25) is 10.9 Å². The Balaban J connectivity index is 2.26. The third-order valence-corrected chi connectivity index (χ3v) is 2.99. The number of hydrogen-bond acceptors (Lipinski definition) is 3. The number of thiocarbonyl (C=S) groups is 1. The van der Waals surface area contributed by atoms with Gasteiger partial charge in [0.15, 0.2) is 4.32 Å². The van der Waals surface area contributed by atoms with Gasteiger partial charge in [0.1, 0.15) is 0 Å². The molecule has 0 bridgehead atoms. The summed E-state index contributed by atoms with van der Waals surface area (Å²) in [7, 11) is 0. The van der Waals surface area contributed by atoms with E-state index >= 15 is 0 Å². The van der Waals surface area contributed by atoms with Crippen LogP contribution in [0.1, 0.15) is 6.92 Å². The molecule has 0 aliphatic carbocycles. The molecule has 0 aliphatic heterocycles. The second-order valence-corrected chi connectivity index (χ2v) is 4.80. The minimum Gasteiger partial charge on any atom is -0.300 e. The maximum atomic E-state index is 5.12. The van der Waals surface area contributed by atoms with Gasteiger partial charge in [-0.15, -0.1) is 0 Å². The molecule has 0 saturated carbocycles. The SMILES string of the molecule is C=C(C)CSC(=S)NNc1ccccc1. The Morgan fingerprint density at radius 2 is 2.07 bits per heavy atom. The van der Waals surface area contributed by atoms with Crippen molar-refractivity contribution in [2.24, 2.45) is 0 Å². The maximum Gasteiger partial charge on any atom is 0.152 e. The average Bonchev–Trinajstić information content (AvgIpc) is 2.25. The molecule has 1 aromatic rings. The van der Waals surface area contributed by atoms with Crippen LogP contribution in [0.3, 0.4) is 0 Å². The first kappa shape index (κ1) is 12.1. The molecule has 15 heavy (non-hydrogen) atoms. The molecule has 1 aromatic carbocycles. The van der Waals surface area contributed by atoms with E-state index in [4.69, 9.17) is 12.2 Å². The van der Waals surface area contributed by atoms with Crippen molar-refractivity contribution >= 4 is 34.0 Å². The number of benzene rings is 1. The van der Waals surface area contributed by atoms with Crippen LogP contribution in [0.2, 0.25) is 0 Å². The number of hydrazine groups is 1. The Morgan fingerprint density at radius 1 is 1.40 bits per heavy atom. The molecule has 0 spiro atoms. The first-order valence-electron chi connectivity index (χ1n) is 4.56. The normalized spacial score (nSPS) is 9.40. The molecule has 0 aliphatic rings. The fourth-order valence-corrected chi connectivity index (χ4v) is 1.60. The minimum atomic E-state index is 0.724. The van der Waals surface area contributed by atoms with Gasteiger partial charge in [-0.05, 0) is 19.1 Å². The van der Waals surface area contributed by atoms with Crippen LogP contribution >= 0.6 is 24.0 Å². The van der Waals surface area contributed by atoms with Crippen molar-refractivity contribution in [2.45, 2.75) is 6.92 Å². The van der Waals surface area contributed by atoms with Gasteiger partial charge >= 0.3 is 0 Å². The minimum absolute atomic E-state index is 0.724. The summed E-state index contributed by atoms with van der Waals surface area (Å²) in [5.74, 6) is 0.850. The maximum absolute atomic E-state index is 5.12. The van der Waals surface area contributed by atoms with Crippen LogP contribution in [-0.2, 0) is 0 Å². The Hall–Kier alpha value is -1.00. The Labute approximate surface area is 100 Å². The smallest absolute Gasteiger partial charge is 0.152 e. The summed E-state index contributed by atoms with van der Waals surface area (Å²) in [6.07, 6.45) is 0. The predicted molar refractivity (Wildman–Crippen MR) is 73.1 cm³/mol. The van der Waals surface area contributed by atoms with Gasteiger partial charge in [0, 0.05) is 5.75 Å². The van der Waals surface area contributed by atoms with Crippen molar-refractivity contribution < 1.29 is 0 Å². The molecule has 2 N–H and O–H groups in total. The second kappa shape index (κ2) is 6.48. The molecular weight excluding hydrogens is 224 g/mol. The van der Waals surface area contributed by atoms with E-state index in [2.05, 4.69) is 17.4 Å². The molecule has 0 unspecified atom stereocenters. The topological polar surface area (TPSA) is 24.1 Å². The summed E-state index contributed by atoms with van der Waals surface area (Å²) in [5.41, 5.74) is 8.09. The first-order valence-corrected chi connectivity index (χ1v) is 5.96. The Kier molecular flexibility index (Phi) is 5.21. The number of nitrogens with one attached hydrogen (secondary N) is 2. The van der Waals surface area contributed by atoms with Crippen LogP contribution in [-0.4, -0.2) is 10.1 Å². The highest BCUT2D eigenvalue weighted by Gasteiger charge is 1.96. The third-order valence-electron chi connectivity index (χ3n) is 1.53. The lowest BCUT2D eigenvalue weighted by molar-refractivity contribution is 1.16. The molecule has 0 aromatic heterocycles. The van der Waals surface area contributed by atoms with Crippen LogP contribution < -0.4 is 10.9 Å². The number of para-hydroxylation sites is 1. The molecule has 80 valence electrons. The van der Waals surface area contributed by atoms with Crippen LogP contribution in [0.25, 0.3) is 0 Å². The highest BCUT2D eigenvalue weighted by atomic mass is 32.2. The van der Waals surface area contributed by atoms with Gasteiger partial charge in [0.25, 0.3) is 0 Å². The van der Waals surface area contributed by atoms with E-state index in [0.29, 0.717) is 0 Å². The zero-order valence-electron chi connectivity index (χ0n) is 8.62. The van der Waals surface area contributed by atoms with Crippen LogP contribution in [0.15, 0.2) is 42.5 Å². The van der Waals surface area contributed by atoms with Gasteiger partial charge in [-0.25, -0.2) is 0 Å². The predicted octanol–water partition coefficient (Wildman–Crippen LogP) is 3.20.